The van der Waals surface area contributed by atoms with Crippen LogP contribution in [0.2, 0.25) is 0 Å². The van der Waals surface area contributed by atoms with Gasteiger partial charge in [0.1, 0.15) is 6.10 Å². The first-order valence-corrected chi connectivity index (χ1v) is 8.44. The van der Waals surface area contributed by atoms with E-state index in [9.17, 15) is 9.00 Å². The van der Waals surface area contributed by atoms with Crippen LogP contribution in [0.3, 0.4) is 0 Å². The Labute approximate surface area is 118 Å². The molecule has 0 saturated carbocycles. The van der Waals surface area contributed by atoms with Crippen LogP contribution in [-0.4, -0.2) is 65.5 Å². The van der Waals surface area contributed by atoms with Crippen molar-refractivity contribution in [3.63, 3.8) is 0 Å². The van der Waals surface area contributed by atoms with Crippen molar-refractivity contribution in [1.82, 2.24) is 4.90 Å². The molecular formula is C13H25NO4S. The number of carbonyl (C=O) groups is 1. The molecule has 6 heteroatoms. The van der Waals surface area contributed by atoms with Crippen LogP contribution in [0.4, 0.5) is 0 Å². The highest BCUT2D eigenvalue weighted by molar-refractivity contribution is 7.84. The Morgan fingerprint density at radius 1 is 1.53 bits per heavy atom. The SMILES string of the molecule is CC(OCC1CCCO1)C(=O)N(C)C(C)CS(C)=O. The van der Waals surface area contributed by atoms with E-state index in [1.165, 1.54) is 0 Å². The highest BCUT2D eigenvalue weighted by Gasteiger charge is 2.24. The van der Waals surface area contributed by atoms with Gasteiger partial charge in [0.2, 0.25) is 0 Å². The monoisotopic (exact) mass is 291 g/mol. The Bertz CT molecular complexity index is 318. The van der Waals surface area contributed by atoms with E-state index < -0.39 is 16.9 Å². The molecule has 1 fully saturated rings. The third-order valence-corrected chi connectivity index (χ3v) is 4.34. The van der Waals surface area contributed by atoms with Crippen molar-refractivity contribution < 1.29 is 18.5 Å². The summed E-state index contributed by atoms with van der Waals surface area (Å²) in [5.74, 6) is 0.414. The average molecular weight is 291 g/mol. The Kier molecular flexibility index (Phi) is 6.96. The molecule has 4 unspecified atom stereocenters. The van der Waals surface area contributed by atoms with Crippen molar-refractivity contribution in [2.24, 2.45) is 0 Å². The number of hydrogen-bond donors (Lipinski definition) is 0. The standard InChI is InChI=1S/C13H25NO4S/c1-10(9-19(4)16)14(3)13(15)11(2)18-8-12-6-5-7-17-12/h10-12H,5-9H2,1-4H3. The van der Waals surface area contributed by atoms with Gasteiger partial charge in [-0.15, -0.1) is 0 Å². The van der Waals surface area contributed by atoms with Gasteiger partial charge in [-0.05, 0) is 26.7 Å². The molecule has 0 bridgehead atoms. The quantitative estimate of drug-likeness (QED) is 0.696. The predicted octanol–water partition coefficient (Wildman–Crippen LogP) is 0.796. The van der Waals surface area contributed by atoms with E-state index in [1.807, 2.05) is 6.92 Å². The van der Waals surface area contributed by atoms with E-state index in [2.05, 4.69) is 0 Å². The van der Waals surface area contributed by atoms with Gasteiger partial charge < -0.3 is 14.4 Å². The largest absolute Gasteiger partial charge is 0.376 e. The molecule has 4 atom stereocenters. The molecule has 0 spiro atoms. The van der Waals surface area contributed by atoms with Crippen LogP contribution in [0, 0.1) is 0 Å². The molecule has 1 saturated heterocycles. The molecule has 0 aromatic heterocycles. The van der Waals surface area contributed by atoms with E-state index in [4.69, 9.17) is 9.47 Å². The molecule has 1 heterocycles. The fourth-order valence-electron chi connectivity index (χ4n) is 2.05. The summed E-state index contributed by atoms with van der Waals surface area (Å²) in [5, 5.41) is 0. The minimum Gasteiger partial charge on any atom is -0.376 e. The first-order valence-electron chi connectivity index (χ1n) is 6.71. The second kappa shape index (κ2) is 7.97. The van der Waals surface area contributed by atoms with Gasteiger partial charge in [-0.3, -0.25) is 9.00 Å². The smallest absolute Gasteiger partial charge is 0.251 e. The lowest BCUT2D eigenvalue weighted by atomic mass is 10.2. The zero-order valence-corrected chi connectivity index (χ0v) is 13.1. The summed E-state index contributed by atoms with van der Waals surface area (Å²) in [6.45, 7) is 4.90. The first kappa shape index (κ1) is 16.6. The second-order valence-electron chi connectivity index (χ2n) is 5.15. The molecule has 5 nitrogen and oxygen atoms in total. The van der Waals surface area contributed by atoms with Gasteiger partial charge in [0, 0.05) is 42.5 Å². The second-order valence-corrected chi connectivity index (χ2v) is 6.63. The van der Waals surface area contributed by atoms with E-state index >= 15 is 0 Å². The Balaban J connectivity index is 2.35. The van der Waals surface area contributed by atoms with Crippen LogP contribution in [-0.2, 0) is 25.1 Å². The molecule has 1 aliphatic heterocycles. The van der Waals surface area contributed by atoms with Crippen LogP contribution in [0.5, 0.6) is 0 Å². The molecule has 0 N–H and O–H groups in total. The highest BCUT2D eigenvalue weighted by Crippen LogP contribution is 2.13. The van der Waals surface area contributed by atoms with Crippen molar-refractivity contribution in [2.45, 2.75) is 44.9 Å². The van der Waals surface area contributed by atoms with Crippen LogP contribution in [0.1, 0.15) is 26.7 Å². The first-order chi connectivity index (χ1) is 8.91. The predicted molar refractivity (Wildman–Crippen MR) is 75.6 cm³/mol. The Morgan fingerprint density at radius 3 is 2.74 bits per heavy atom. The van der Waals surface area contributed by atoms with Gasteiger partial charge in [-0.2, -0.15) is 0 Å². The number of nitrogens with zero attached hydrogens (tertiary/aromatic N) is 1. The molecular weight excluding hydrogens is 266 g/mol. The molecule has 0 aromatic rings. The van der Waals surface area contributed by atoms with E-state index in [-0.39, 0.29) is 18.1 Å². The molecule has 112 valence electrons. The number of rotatable bonds is 7. The van der Waals surface area contributed by atoms with Crippen molar-refractivity contribution in [3.8, 4) is 0 Å². The van der Waals surface area contributed by atoms with Gasteiger partial charge >= 0.3 is 0 Å². The summed E-state index contributed by atoms with van der Waals surface area (Å²) in [4.78, 5) is 13.7. The zero-order chi connectivity index (χ0) is 14.4. The lowest BCUT2D eigenvalue weighted by molar-refractivity contribution is -0.144. The maximum Gasteiger partial charge on any atom is 0.251 e. The van der Waals surface area contributed by atoms with Crippen LogP contribution in [0.15, 0.2) is 0 Å². The lowest BCUT2D eigenvalue weighted by Crippen LogP contribution is -2.44. The van der Waals surface area contributed by atoms with E-state index in [0.29, 0.717) is 12.4 Å². The molecule has 1 aliphatic rings. The van der Waals surface area contributed by atoms with Gasteiger partial charge in [-0.25, -0.2) is 0 Å². The van der Waals surface area contributed by atoms with Crippen LogP contribution >= 0.6 is 0 Å². The third kappa shape index (κ3) is 5.58. The number of carbonyl (C=O) groups excluding carboxylic acids is 1. The van der Waals surface area contributed by atoms with Gasteiger partial charge in [-0.1, -0.05) is 0 Å². The van der Waals surface area contributed by atoms with Gasteiger partial charge in [0.05, 0.1) is 12.7 Å². The fourth-order valence-corrected chi connectivity index (χ4v) is 2.96. The minimum atomic E-state index is -0.906. The molecule has 0 aliphatic carbocycles. The summed E-state index contributed by atoms with van der Waals surface area (Å²) >= 11 is 0. The lowest BCUT2D eigenvalue weighted by Gasteiger charge is -2.27. The molecule has 1 rings (SSSR count). The number of hydrogen-bond acceptors (Lipinski definition) is 4. The number of amides is 1. The zero-order valence-electron chi connectivity index (χ0n) is 12.3. The summed E-state index contributed by atoms with van der Waals surface area (Å²) in [6, 6.07) is -0.0490. The van der Waals surface area contributed by atoms with Crippen LogP contribution < -0.4 is 0 Å². The van der Waals surface area contributed by atoms with Gasteiger partial charge in [0.25, 0.3) is 5.91 Å². The van der Waals surface area contributed by atoms with Crippen LogP contribution in [0.25, 0.3) is 0 Å². The maximum atomic E-state index is 12.1. The fraction of sp³-hybridized carbons (Fsp3) is 0.923. The van der Waals surface area contributed by atoms with Crippen molar-refractivity contribution in [1.29, 1.82) is 0 Å². The number of ether oxygens (including phenoxy) is 2. The maximum absolute atomic E-state index is 12.1. The molecule has 19 heavy (non-hydrogen) atoms. The van der Waals surface area contributed by atoms with Gasteiger partial charge in [0.15, 0.2) is 0 Å². The van der Waals surface area contributed by atoms with E-state index in [0.717, 1.165) is 19.4 Å². The summed E-state index contributed by atoms with van der Waals surface area (Å²) < 4.78 is 22.2. The summed E-state index contributed by atoms with van der Waals surface area (Å²) in [6.07, 6.45) is 3.35. The normalized spacial score (nSPS) is 23.9. The van der Waals surface area contributed by atoms with Crippen molar-refractivity contribution in [3.05, 3.63) is 0 Å². The minimum absolute atomic E-state index is 0.0490. The molecule has 0 aromatic carbocycles. The van der Waals surface area contributed by atoms with Crippen molar-refractivity contribution >= 4 is 16.7 Å². The topological polar surface area (TPSA) is 55.8 Å². The number of likely N-dealkylation sites (N-methyl/N-ethyl adjacent to an activating group) is 1. The average Bonchev–Trinajstić information content (AvgIpc) is 2.86. The summed E-state index contributed by atoms with van der Waals surface area (Å²) in [7, 11) is 0.822. The Hall–Kier alpha value is -0.460. The molecule has 0 radical (unpaired) electrons. The highest BCUT2D eigenvalue weighted by atomic mass is 32.2. The molecule has 1 amide bonds. The third-order valence-electron chi connectivity index (χ3n) is 3.39. The van der Waals surface area contributed by atoms with E-state index in [1.54, 1.807) is 25.1 Å². The summed E-state index contributed by atoms with van der Waals surface area (Å²) in [5.41, 5.74) is 0. The van der Waals surface area contributed by atoms with Crippen molar-refractivity contribution in [2.75, 3.05) is 32.3 Å². The Morgan fingerprint density at radius 2 is 2.21 bits per heavy atom.